The van der Waals surface area contributed by atoms with Crippen LogP contribution >= 0.6 is 0 Å². The summed E-state index contributed by atoms with van der Waals surface area (Å²) in [5.74, 6) is -0.0108. The van der Waals surface area contributed by atoms with Crippen LogP contribution in [0.4, 0.5) is 0 Å². The molecule has 0 radical (unpaired) electrons. The SMILES string of the molecule is O=C(Cn1cc(C(=O)c2ccco2)c2ccccc21)NCCc1c[nH]c2ccccc12. The van der Waals surface area contributed by atoms with Crippen LogP contribution in [0.25, 0.3) is 21.8 Å². The molecular formula is C25H21N3O3. The standard InChI is InChI=1S/C25H21N3O3/c29-24(26-12-11-17-14-27-21-8-3-1-6-18(17)21)16-28-15-20(19-7-2-4-9-22(19)28)25(30)23-10-5-13-31-23/h1-10,13-15,27H,11-12,16H2,(H,26,29). The van der Waals surface area contributed by atoms with Crippen molar-refractivity contribution in [3.05, 3.63) is 96.2 Å². The maximum Gasteiger partial charge on any atom is 0.239 e. The smallest absolute Gasteiger partial charge is 0.239 e. The molecule has 1 amide bonds. The second-order valence-electron chi connectivity index (χ2n) is 7.45. The second-order valence-corrected chi connectivity index (χ2v) is 7.45. The number of carbonyl (C=O) groups excluding carboxylic acids is 2. The second kappa shape index (κ2) is 7.99. The van der Waals surface area contributed by atoms with Gasteiger partial charge in [0.25, 0.3) is 0 Å². The lowest BCUT2D eigenvalue weighted by Crippen LogP contribution is -2.29. The van der Waals surface area contributed by atoms with Crippen molar-refractivity contribution in [3.63, 3.8) is 0 Å². The van der Waals surface area contributed by atoms with Crippen molar-refractivity contribution in [1.29, 1.82) is 0 Å². The van der Waals surface area contributed by atoms with E-state index in [1.54, 1.807) is 18.3 Å². The van der Waals surface area contributed by atoms with E-state index in [-0.39, 0.29) is 24.0 Å². The number of carbonyl (C=O) groups is 2. The monoisotopic (exact) mass is 411 g/mol. The Morgan fingerprint density at radius 3 is 2.61 bits per heavy atom. The highest BCUT2D eigenvalue weighted by atomic mass is 16.3. The predicted octanol–water partition coefficient (Wildman–Crippen LogP) is 4.31. The molecule has 0 aliphatic carbocycles. The van der Waals surface area contributed by atoms with Gasteiger partial charge in [-0.15, -0.1) is 0 Å². The fourth-order valence-corrected chi connectivity index (χ4v) is 3.98. The summed E-state index contributed by atoms with van der Waals surface area (Å²) in [6.07, 6.45) is 5.94. The maximum absolute atomic E-state index is 12.8. The summed E-state index contributed by atoms with van der Waals surface area (Å²) in [5.41, 5.74) is 3.63. The Kier molecular flexibility index (Phi) is 4.88. The molecule has 0 bridgehead atoms. The lowest BCUT2D eigenvalue weighted by molar-refractivity contribution is -0.121. The molecule has 3 heterocycles. The minimum Gasteiger partial charge on any atom is -0.461 e. The lowest BCUT2D eigenvalue weighted by atomic mass is 10.1. The van der Waals surface area contributed by atoms with E-state index in [2.05, 4.69) is 16.4 Å². The molecule has 2 N–H and O–H groups in total. The molecule has 0 atom stereocenters. The first-order chi connectivity index (χ1) is 15.2. The third-order valence-corrected chi connectivity index (χ3v) is 5.48. The highest BCUT2D eigenvalue weighted by Gasteiger charge is 2.19. The van der Waals surface area contributed by atoms with Crippen LogP contribution in [0.15, 0.2) is 83.7 Å². The summed E-state index contributed by atoms with van der Waals surface area (Å²) >= 11 is 0. The molecule has 0 aliphatic rings. The molecule has 6 heteroatoms. The topological polar surface area (TPSA) is 80.0 Å². The third-order valence-electron chi connectivity index (χ3n) is 5.48. The molecule has 5 rings (SSSR count). The van der Waals surface area contributed by atoms with Gasteiger partial charge in [0.15, 0.2) is 5.76 Å². The fourth-order valence-electron chi connectivity index (χ4n) is 3.98. The van der Waals surface area contributed by atoms with Crippen molar-refractivity contribution >= 4 is 33.5 Å². The molecule has 0 saturated heterocycles. The van der Waals surface area contributed by atoms with Gasteiger partial charge in [-0.2, -0.15) is 0 Å². The van der Waals surface area contributed by atoms with Crippen molar-refractivity contribution < 1.29 is 14.0 Å². The van der Waals surface area contributed by atoms with E-state index in [4.69, 9.17) is 4.42 Å². The van der Waals surface area contributed by atoms with Gasteiger partial charge >= 0.3 is 0 Å². The number of benzene rings is 2. The number of nitrogens with zero attached hydrogens (tertiary/aromatic N) is 1. The number of ketones is 1. The van der Waals surface area contributed by atoms with Crippen molar-refractivity contribution in [3.8, 4) is 0 Å². The van der Waals surface area contributed by atoms with Crippen molar-refractivity contribution in [2.75, 3.05) is 6.54 Å². The Labute approximate surface area is 178 Å². The van der Waals surface area contributed by atoms with Gasteiger partial charge in [-0.25, -0.2) is 0 Å². The zero-order valence-corrected chi connectivity index (χ0v) is 16.8. The highest BCUT2D eigenvalue weighted by Crippen LogP contribution is 2.24. The molecule has 6 nitrogen and oxygen atoms in total. The average Bonchev–Trinajstić information content (AvgIpc) is 3.53. The Hall–Kier alpha value is -4.06. The Balaban J connectivity index is 1.30. The van der Waals surface area contributed by atoms with E-state index in [1.807, 2.05) is 53.2 Å². The summed E-state index contributed by atoms with van der Waals surface area (Å²) in [6, 6.07) is 19.0. The molecule has 5 aromatic rings. The van der Waals surface area contributed by atoms with Gasteiger partial charge in [-0.1, -0.05) is 36.4 Å². The van der Waals surface area contributed by atoms with Crippen LogP contribution < -0.4 is 5.32 Å². The molecule has 31 heavy (non-hydrogen) atoms. The maximum atomic E-state index is 12.8. The zero-order valence-electron chi connectivity index (χ0n) is 16.8. The van der Waals surface area contributed by atoms with Gasteiger partial charge in [0.1, 0.15) is 6.54 Å². The number of furan rings is 1. The number of aromatic amines is 1. The number of para-hydroxylation sites is 2. The summed E-state index contributed by atoms with van der Waals surface area (Å²) in [7, 11) is 0. The van der Waals surface area contributed by atoms with Crippen LogP contribution in [-0.4, -0.2) is 27.8 Å². The molecule has 0 aliphatic heterocycles. The normalized spacial score (nSPS) is 11.2. The molecule has 154 valence electrons. The largest absolute Gasteiger partial charge is 0.461 e. The predicted molar refractivity (Wildman–Crippen MR) is 119 cm³/mol. The summed E-state index contributed by atoms with van der Waals surface area (Å²) in [5, 5.41) is 4.96. The van der Waals surface area contributed by atoms with Gasteiger partial charge in [-0.05, 0) is 36.2 Å². The summed E-state index contributed by atoms with van der Waals surface area (Å²) < 4.78 is 7.08. The van der Waals surface area contributed by atoms with Crippen LogP contribution in [0, 0.1) is 0 Å². The number of rotatable bonds is 7. The number of fused-ring (bicyclic) bond motifs is 2. The number of H-pyrrole nitrogens is 1. The first-order valence-electron chi connectivity index (χ1n) is 10.2. The van der Waals surface area contributed by atoms with E-state index in [1.165, 1.54) is 17.2 Å². The van der Waals surface area contributed by atoms with Gasteiger partial charge < -0.3 is 19.3 Å². The van der Waals surface area contributed by atoms with E-state index < -0.39 is 0 Å². The number of aromatic nitrogens is 2. The number of hydrogen-bond donors (Lipinski definition) is 2. The molecule has 0 unspecified atom stereocenters. The highest BCUT2D eigenvalue weighted by molar-refractivity contribution is 6.15. The van der Waals surface area contributed by atoms with Gasteiger partial charge in [0.2, 0.25) is 11.7 Å². The lowest BCUT2D eigenvalue weighted by Gasteiger charge is -2.07. The van der Waals surface area contributed by atoms with E-state index in [0.29, 0.717) is 12.1 Å². The Bertz CT molecular complexity index is 1380. The number of hydrogen-bond acceptors (Lipinski definition) is 3. The Morgan fingerprint density at radius 1 is 0.968 bits per heavy atom. The first kappa shape index (κ1) is 18.9. The van der Waals surface area contributed by atoms with Crippen LogP contribution in [0.3, 0.4) is 0 Å². The van der Waals surface area contributed by atoms with Crippen LogP contribution in [0.5, 0.6) is 0 Å². The zero-order chi connectivity index (χ0) is 21.2. The molecule has 0 fully saturated rings. The molecule has 0 saturated carbocycles. The van der Waals surface area contributed by atoms with E-state index in [9.17, 15) is 9.59 Å². The van der Waals surface area contributed by atoms with Gasteiger partial charge in [0, 0.05) is 40.7 Å². The van der Waals surface area contributed by atoms with Crippen LogP contribution in [-0.2, 0) is 17.8 Å². The minimum absolute atomic E-state index is 0.0995. The molecular weight excluding hydrogens is 390 g/mol. The average molecular weight is 411 g/mol. The summed E-state index contributed by atoms with van der Waals surface area (Å²) in [6.45, 7) is 0.678. The Morgan fingerprint density at radius 2 is 1.77 bits per heavy atom. The molecule has 3 aromatic heterocycles. The van der Waals surface area contributed by atoms with Crippen molar-refractivity contribution in [2.45, 2.75) is 13.0 Å². The minimum atomic E-state index is -0.195. The molecule has 2 aromatic carbocycles. The van der Waals surface area contributed by atoms with E-state index in [0.717, 1.165) is 22.8 Å². The van der Waals surface area contributed by atoms with Gasteiger partial charge in [0.05, 0.1) is 11.8 Å². The number of amides is 1. The quantitative estimate of drug-likeness (QED) is 0.392. The summed E-state index contributed by atoms with van der Waals surface area (Å²) in [4.78, 5) is 28.7. The first-order valence-corrected chi connectivity index (χ1v) is 10.2. The van der Waals surface area contributed by atoms with E-state index >= 15 is 0 Å². The van der Waals surface area contributed by atoms with Crippen LogP contribution in [0.1, 0.15) is 21.7 Å². The fraction of sp³-hybridized carbons (Fsp3) is 0.120. The van der Waals surface area contributed by atoms with Crippen molar-refractivity contribution in [2.24, 2.45) is 0 Å². The molecule has 0 spiro atoms. The van der Waals surface area contributed by atoms with Crippen LogP contribution in [0.2, 0.25) is 0 Å². The number of nitrogens with one attached hydrogen (secondary N) is 2. The van der Waals surface area contributed by atoms with Gasteiger partial charge in [-0.3, -0.25) is 9.59 Å². The van der Waals surface area contributed by atoms with Crippen molar-refractivity contribution in [1.82, 2.24) is 14.9 Å². The third kappa shape index (κ3) is 3.64.